The highest BCUT2D eigenvalue weighted by Gasteiger charge is 2.41. The van der Waals surface area contributed by atoms with Gasteiger partial charge in [0.05, 0.1) is 0 Å². The molecule has 1 spiro atoms. The summed E-state index contributed by atoms with van der Waals surface area (Å²) in [5, 5.41) is 9.72. The lowest BCUT2D eigenvalue weighted by atomic mass is 9.95. The summed E-state index contributed by atoms with van der Waals surface area (Å²) >= 11 is 0. The molecular weight excluding hydrogens is 368 g/mol. The van der Waals surface area contributed by atoms with Crippen LogP contribution in [0.15, 0.2) is 18.2 Å². The van der Waals surface area contributed by atoms with Crippen molar-refractivity contribution >= 4 is 17.7 Å². The van der Waals surface area contributed by atoms with Crippen LogP contribution in [-0.2, 0) is 22.7 Å². The number of benzene rings is 1. The fraction of sp³-hybridized carbons (Fsp3) is 0.591. The minimum atomic E-state index is -0.553. The molecule has 3 atom stereocenters. The van der Waals surface area contributed by atoms with Crippen molar-refractivity contribution in [2.24, 2.45) is 0 Å². The number of hydrogen-bond donors (Lipinski definition) is 3. The van der Waals surface area contributed by atoms with Crippen LogP contribution in [0, 0.1) is 0 Å². The molecule has 3 unspecified atom stereocenters. The Balaban J connectivity index is 1.22. The highest BCUT2D eigenvalue weighted by Crippen LogP contribution is 2.37. The Morgan fingerprint density at radius 2 is 2.07 bits per heavy atom. The molecule has 3 amide bonds. The lowest BCUT2D eigenvalue weighted by Gasteiger charge is -2.29. The number of nitrogens with one attached hydrogen (secondary N) is 3. The Morgan fingerprint density at radius 1 is 1.17 bits per heavy atom. The fourth-order valence-electron chi connectivity index (χ4n) is 5.53. The molecule has 3 aliphatic heterocycles. The summed E-state index contributed by atoms with van der Waals surface area (Å²) in [6.45, 7) is 2.33. The predicted molar refractivity (Wildman–Crippen MR) is 107 cm³/mol. The van der Waals surface area contributed by atoms with Gasteiger partial charge < -0.3 is 15.5 Å². The molecule has 1 saturated carbocycles. The van der Waals surface area contributed by atoms with Crippen LogP contribution < -0.4 is 16.0 Å². The largest absolute Gasteiger partial charge is 0.322 e. The van der Waals surface area contributed by atoms with Crippen molar-refractivity contribution in [3.8, 4) is 0 Å². The Morgan fingerprint density at radius 3 is 2.86 bits per heavy atom. The van der Waals surface area contributed by atoms with E-state index in [9.17, 15) is 14.4 Å². The molecule has 7 heteroatoms. The molecule has 1 aromatic carbocycles. The van der Waals surface area contributed by atoms with Gasteiger partial charge in [-0.05, 0) is 62.3 Å². The third kappa shape index (κ3) is 3.46. The van der Waals surface area contributed by atoms with Crippen molar-refractivity contribution in [1.29, 1.82) is 0 Å². The van der Waals surface area contributed by atoms with Gasteiger partial charge in [-0.1, -0.05) is 12.1 Å². The normalized spacial score (nSPS) is 31.6. The first-order chi connectivity index (χ1) is 14.0. The van der Waals surface area contributed by atoms with Gasteiger partial charge >= 0.3 is 0 Å². The monoisotopic (exact) mass is 396 g/mol. The first-order valence-electron chi connectivity index (χ1n) is 10.8. The number of hydrogen-bond acceptors (Lipinski definition) is 5. The highest BCUT2D eigenvalue weighted by atomic mass is 16.2. The van der Waals surface area contributed by atoms with Gasteiger partial charge in [0, 0.05) is 36.7 Å². The fourth-order valence-corrected chi connectivity index (χ4v) is 5.53. The van der Waals surface area contributed by atoms with Crippen molar-refractivity contribution in [3.05, 3.63) is 34.9 Å². The molecule has 1 aliphatic carbocycles. The molecule has 1 aromatic rings. The molecule has 0 bridgehead atoms. The van der Waals surface area contributed by atoms with Gasteiger partial charge in [-0.25, -0.2) is 0 Å². The number of fused-ring (bicyclic) bond motifs is 1. The van der Waals surface area contributed by atoms with Gasteiger partial charge in [-0.3, -0.25) is 19.7 Å². The number of rotatable bonds is 4. The molecule has 154 valence electrons. The number of amides is 3. The van der Waals surface area contributed by atoms with E-state index in [0.29, 0.717) is 30.1 Å². The second-order valence-electron chi connectivity index (χ2n) is 9.02. The van der Waals surface area contributed by atoms with Crippen LogP contribution in [-0.4, -0.2) is 46.8 Å². The maximum atomic E-state index is 12.9. The number of nitrogens with zero attached hydrogens (tertiary/aromatic N) is 1. The molecule has 4 aliphatic rings. The van der Waals surface area contributed by atoms with Crippen molar-refractivity contribution in [2.75, 3.05) is 6.54 Å². The molecule has 2 saturated heterocycles. The molecule has 5 rings (SSSR count). The summed E-state index contributed by atoms with van der Waals surface area (Å²) in [6.07, 6.45) is 6.87. The standard InChI is InChI=1S/C22H28N4O3/c27-19-5-4-18(20(28)25-19)26-13-15-3-2-14(10-17(15)21(26)29)12-23-16-6-8-22(11-16)7-1-9-24-22/h2-3,10,16,18,23-24H,1,4-9,11-13H2,(H,25,27,28). The van der Waals surface area contributed by atoms with Crippen LogP contribution in [0.2, 0.25) is 0 Å². The summed E-state index contributed by atoms with van der Waals surface area (Å²) in [4.78, 5) is 38.1. The van der Waals surface area contributed by atoms with Gasteiger partial charge in [-0.15, -0.1) is 0 Å². The SMILES string of the molecule is O=C1CCC(N2Cc3ccc(CNC4CCC5(CCCN5)C4)cc3C2=O)C(=O)N1. The summed E-state index contributed by atoms with van der Waals surface area (Å²) in [5.41, 5.74) is 3.10. The van der Waals surface area contributed by atoms with E-state index in [2.05, 4.69) is 22.0 Å². The molecule has 3 N–H and O–H groups in total. The van der Waals surface area contributed by atoms with Crippen molar-refractivity contribution in [2.45, 2.75) is 75.7 Å². The van der Waals surface area contributed by atoms with E-state index in [-0.39, 0.29) is 24.1 Å². The summed E-state index contributed by atoms with van der Waals surface area (Å²) < 4.78 is 0. The molecule has 0 aromatic heterocycles. The van der Waals surface area contributed by atoms with E-state index in [0.717, 1.165) is 24.2 Å². The van der Waals surface area contributed by atoms with E-state index in [4.69, 9.17) is 0 Å². The average Bonchev–Trinajstić information content (AvgIpc) is 3.41. The van der Waals surface area contributed by atoms with Gasteiger partial charge in [-0.2, -0.15) is 0 Å². The highest BCUT2D eigenvalue weighted by molar-refractivity contribution is 6.05. The Labute approximate surface area is 170 Å². The maximum absolute atomic E-state index is 12.9. The van der Waals surface area contributed by atoms with Gasteiger partial charge in [0.2, 0.25) is 11.8 Å². The number of piperidine rings is 1. The van der Waals surface area contributed by atoms with Crippen LogP contribution in [0.3, 0.4) is 0 Å². The topological polar surface area (TPSA) is 90.5 Å². The van der Waals surface area contributed by atoms with E-state index in [1.807, 2.05) is 12.1 Å². The Kier molecular flexibility index (Phi) is 4.67. The second-order valence-corrected chi connectivity index (χ2v) is 9.02. The zero-order chi connectivity index (χ0) is 20.0. The quantitative estimate of drug-likeness (QED) is 0.666. The van der Waals surface area contributed by atoms with Crippen molar-refractivity contribution in [3.63, 3.8) is 0 Å². The van der Waals surface area contributed by atoms with E-state index < -0.39 is 6.04 Å². The van der Waals surface area contributed by atoms with E-state index in [1.165, 1.54) is 32.1 Å². The summed E-state index contributed by atoms with van der Waals surface area (Å²) in [5.74, 6) is -0.725. The van der Waals surface area contributed by atoms with Crippen LogP contribution in [0.4, 0.5) is 0 Å². The van der Waals surface area contributed by atoms with E-state index >= 15 is 0 Å². The average molecular weight is 396 g/mol. The zero-order valence-corrected chi connectivity index (χ0v) is 16.6. The molecule has 3 heterocycles. The van der Waals surface area contributed by atoms with Crippen LogP contribution in [0.25, 0.3) is 0 Å². The minimum Gasteiger partial charge on any atom is -0.322 e. The number of carbonyl (C=O) groups excluding carboxylic acids is 3. The second kappa shape index (κ2) is 7.22. The maximum Gasteiger partial charge on any atom is 0.255 e. The molecule has 7 nitrogen and oxygen atoms in total. The third-order valence-corrected chi connectivity index (χ3v) is 7.13. The lowest BCUT2D eigenvalue weighted by molar-refractivity contribution is -0.136. The number of carbonyl (C=O) groups is 3. The van der Waals surface area contributed by atoms with Crippen LogP contribution in [0.5, 0.6) is 0 Å². The smallest absolute Gasteiger partial charge is 0.255 e. The van der Waals surface area contributed by atoms with E-state index in [1.54, 1.807) is 4.90 Å². The molecular formula is C22H28N4O3. The third-order valence-electron chi connectivity index (χ3n) is 7.13. The van der Waals surface area contributed by atoms with Gasteiger partial charge in [0.15, 0.2) is 0 Å². The first-order valence-corrected chi connectivity index (χ1v) is 10.8. The van der Waals surface area contributed by atoms with Crippen LogP contribution in [0.1, 0.15) is 66.4 Å². The van der Waals surface area contributed by atoms with Crippen molar-refractivity contribution in [1.82, 2.24) is 20.9 Å². The predicted octanol–water partition coefficient (Wildman–Crippen LogP) is 1.21. The van der Waals surface area contributed by atoms with Gasteiger partial charge in [0.1, 0.15) is 6.04 Å². The Bertz CT molecular complexity index is 862. The molecule has 0 radical (unpaired) electrons. The number of imide groups is 1. The lowest BCUT2D eigenvalue weighted by Crippen LogP contribution is -2.52. The summed E-state index contributed by atoms with van der Waals surface area (Å²) in [7, 11) is 0. The Hall–Kier alpha value is -2.25. The van der Waals surface area contributed by atoms with Crippen molar-refractivity contribution < 1.29 is 14.4 Å². The molecule has 3 fully saturated rings. The van der Waals surface area contributed by atoms with Gasteiger partial charge in [0.25, 0.3) is 5.91 Å². The minimum absolute atomic E-state index is 0.105. The first kappa shape index (κ1) is 18.8. The zero-order valence-electron chi connectivity index (χ0n) is 16.6. The van der Waals surface area contributed by atoms with Crippen LogP contribution >= 0.6 is 0 Å². The molecule has 29 heavy (non-hydrogen) atoms. The summed E-state index contributed by atoms with van der Waals surface area (Å²) in [6, 6.07) is 6.01.